The van der Waals surface area contributed by atoms with E-state index in [1.165, 1.54) is 17.0 Å². The first kappa shape index (κ1) is 23.1. The van der Waals surface area contributed by atoms with Gasteiger partial charge in [-0.3, -0.25) is 4.79 Å². The van der Waals surface area contributed by atoms with Crippen molar-refractivity contribution in [1.29, 1.82) is 0 Å². The molecule has 0 aromatic heterocycles. The summed E-state index contributed by atoms with van der Waals surface area (Å²) in [5, 5.41) is 5.98. The van der Waals surface area contributed by atoms with Crippen LogP contribution in [0.15, 0.2) is 47.4 Å². The quantitative estimate of drug-likeness (QED) is 0.644. The van der Waals surface area contributed by atoms with Gasteiger partial charge in [-0.15, -0.1) is 0 Å². The average molecular weight is 446 g/mol. The lowest BCUT2D eigenvalue weighted by atomic mass is 10.1. The minimum atomic E-state index is -3.67. The summed E-state index contributed by atoms with van der Waals surface area (Å²) in [6.45, 7) is 4.84. The van der Waals surface area contributed by atoms with E-state index in [1.807, 2.05) is 24.3 Å². The third-order valence-corrected chi connectivity index (χ3v) is 7.42. The molecule has 0 saturated carbocycles. The highest BCUT2D eigenvalue weighted by molar-refractivity contribution is 7.89. The molecule has 2 aromatic carbocycles. The van der Waals surface area contributed by atoms with Crippen molar-refractivity contribution in [1.82, 2.24) is 4.31 Å². The number of rotatable bonds is 8. The molecule has 1 aliphatic heterocycles. The summed E-state index contributed by atoms with van der Waals surface area (Å²) in [4.78, 5) is 12.7. The van der Waals surface area contributed by atoms with Gasteiger partial charge in [0, 0.05) is 24.5 Å². The van der Waals surface area contributed by atoms with Crippen molar-refractivity contribution < 1.29 is 17.9 Å². The second kappa shape index (κ2) is 10.2. The lowest BCUT2D eigenvalue weighted by Crippen LogP contribution is -2.36. The van der Waals surface area contributed by atoms with Crippen molar-refractivity contribution in [2.24, 2.45) is 0 Å². The van der Waals surface area contributed by atoms with Gasteiger partial charge < -0.3 is 15.4 Å². The number of nitrogens with zero attached hydrogens (tertiary/aromatic N) is 1. The third-order valence-electron chi connectivity index (χ3n) is 5.50. The summed E-state index contributed by atoms with van der Waals surface area (Å²) < 4.78 is 33.2. The van der Waals surface area contributed by atoms with Crippen molar-refractivity contribution >= 4 is 27.3 Å². The van der Waals surface area contributed by atoms with Gasteiger partial charge in [-0.1, -0.05) is 25.5 Å². The minimum absolute atomic E-state index is 0.115. The van der Waals surface area contributed by atoms with Crippen LogP contribution in [0, 0.1) is 0 Å². The number of methoxy groups -OCH3 is 1. The molecule has 0 radical (unpaired) electrons. The molecule has 0 spiro atoms. The first-order valence-electron chi connectivity index (χ1n) is 10.7. The van der Waals surface area contributed by atoms with Crippen LogP contribution in [0.2, 0.25) is 0 Å². The minimum Gasteiger partial charge on any atom is -0.495 e. The Morgan fingerprint density at radius 2 is 1.71 bits per heavy atom. The number of anilines is 2. The van der Waals surface area contributed by atoms with Gasteiger partial charge in [-0.2, -0.15) is 4.31 Å². The van der Waals surface area contributed by atoms with Crippen LogP contribution in [0.1, 0.15) is 38.7 Å². The molecule has 2 aromatic rings. The van der Waals surface area contributed by atoms with Crippen LogP contribution in [0.25, 0.3) is 0 Å². The zero-order valence-corrected chi connectivity index (χ0v) is 19.2. The molecule has 2 N–H and O–H groups in total. The summed E-state index contributed by atoms with van der Waals surface area (Å²) in [6, 6.07) is 12.0. The Labute approximate surface area is 184 Å². The Morgan fingerprint density at radius 1 is 1.06 bits per heavy atom. The predicted molar refractivity (Wildman–Crippen MR) is 123 cm³/mol. The van der Waals surface area contributed by atoms with Crippen LogP contribution in [0.4, 0.5) is 11.4 Å². The van der Waals surface area contributed by atoms with Crippen molar-refractivity contribution in [2.75, 3.05) is 30.8 Å². The molecule has 3 rings (SSSR count). The fourth-order valence-corrected chi connectivity index (χ4v) is 5.30. The van der Waals surface area contributed by atoms with Gasteiger partial charge in [-0.25, -0.2) is 8.42 Å². The lowest BCUT2D eigenvalue weighted by Gasteiger charge is -2.27. The highest BCUT2D eigenvalue weighted by Crippen LogP contribution is 2.31. The van der Waals surface area contributed by atoms with Gasteiger partial charge in [0.25, 0.3) is 0 Å². The van der Waals surface area contributed by atoms with E-state index in [2.05, 4.69) is 17.6 Å². The average Bonchev–Trinajstić information content (AvgIpc) is 2.80. The summed E-state index contributed by atoms with van der Waals surface area (Å²) >= 11 is 0. The highest BCUT2D eigenvalue weighted by atomic mass is 32.2. The van der Waals surface area contributed by atoms with Crippen LogP contribution in [-0.4, -0.2) is 44.9 Å². The molecule has 0 aliphatic carbocycles. The smallest absolute Gasteiger partial charge is 0.246 e. The monoisotopic (exact) mass is 445 g/mol. The van der Waals surface area contributed by atoms with Crippen molar-refractivity contribution in [3.8, 4) is 5.75 Å². The molecule has 1 aliphatic rings. The van der Waals surface area contributed by atoms with Gasteiger partial charge in [0.15, 0.2) is 0 Å². The van der Waals surface area contributed by atoms with Crippen LogP contribution in [0.3, 0.4) is 0 Å². The molecule has 7 nitrogen and oxygen atoms in total. The van der Waals surface area contributed by atoms with Gasteiger partial charge in [0.2, 0.25) is 15.9 Å². The van der Waals surface area contributed by atoms with E-state index in [4.69, 9.17) is 4.74 Å². The Morgan fingerprint density at radius 3 is 2.32 bits per heavy atom. The molecule has 1 atom stereocenters. The molecule has 1 fully saturated rings. The zero-order chi connectivity index (χ0) is 22.4. The number of piperidine rings is 1. The third kappa shape index (κ3) is 5.57. The topological polar surface area (TPSA) is 87.7 Å². The van der Waals surface area contributed by atoms with E-state index >= 15 is 0 Å². The molecule has 8 heteroatoms. The summed E-state index contributed by atoms with van der Waals surface area (Å²) in [5.41, 5.74) is 2.46. The van der Waals surface area contributed by atoms with Crippen LogP contribution in [0.5, 0.6) is 5.75 Å². The van der Waals surface area contributed by atoms with Crippen LogP contribution < -0.4 is 15.4 Å². The number of hydrogen-bond acceptors (Lipinski definition) is 5. The number of carbonyl (C=O) groups excluding carboxylic acids is 1. The number of carbonyl (C=O) groups is 1. The number of hydrogen-bond donors (Lipinski definition) is 2. The number of amides is 1. The molecule has 1 saturated heterocycles. The Hall–Kier alpha value is -2.58. The highest BCUT2D eigenvalue weighted by Gasteiger charge is 2.29. The fraction of sp³-hybridized carbons (Fsp3) is 0.435. The van der Waals surface area contributed by atoms with E-state index in [0.717, 1.165) is 31.4 Å². The number of nitrogens with one attached hydrogen (secondary N) is 2. The Bertz CT molecular complexity index is 1000. The van der Waals surface area contributed by atoms with E-state index in [1.54, 1.807) is 25.1 Å². The molecule has 1 amide bonds. The second-order valence-corrected chi connectivity index (χ2v) is 9.64. The van der Waals surface area contributed by atoms with Crippen LogP contribution >= 0.6 is 0 Å². The number of ether oxygens (including phenoxy) is 1. The molecule has 168 valence electrons. The lowest BCUT2D eigenvalue weighted by molar-refractivity contribution is -0.116. The van der Waals surface area contributed by atoms with Gasteiger partial charge >= 0.3 is 0 Å². The maximum Gasteiger partial charge on any atom is 0.246 e. The largest absolute Gasteiger partial charge is 0.495 e. The first-order valence-corrected chi connectivity index (χ1v) is 12.1. The maximum atomic E-state index is 13.2. The summed E-state index contributed by atoms with van der Waals surface area (Å²) in [5.74, 6) is 0.0877. The summed E-state index contributed by atoms with van der Waals surface area (Å²) in [7, 11) is -2.21. The molecular weight excluding hydrogens is 414 g/mol. The standard InChI is InChI=1S/C23H31N3O4S/c1-4-18-8-10-19(11-9-18)25-23(27)17(2)24-20-12-13-21(30-3)22(16-20)31(28,29)26-14-6-5-7-15-26/h8-13,16-17,24H,4-7,14-15H2,1-3H3,(H,25,27). The van der Waals surface area contributed by atoms with Crippen molar-refractivity contribution in [3.63, 3.8) is 0 Å². The van der Waals surface area contributed by atoms with E-state index in [9.17, 15) is 13.2 Å². The molecule has 0 bridgehead atoms. The maximum absolute atomic E-state index is 13.2. The number of aryl methyl sites for hydroxylation is 1. The van der Waals surface area contributed by atoms with Gasteiger partial charge in [-0.05, 0) is 62.1 Å². The Balaban J connectivity index is 1.74. The normalized spacial score (nSPS) is 15.8. The van der Waals surface area contributed by atoms with Gasteiger partial charge in [0.1, 0.15) is 16.7 Å². The Kier molecular flexibility index (Phi) is 7.56. The molecule has 1 heterocycles. The van der Waals surface area contributed by atoms with E-state index in [-0.39, 0.29) is 10.8 Å². The summed E-state index contributed by atoms with van der Waals surface area (Å²) in [6.07, 6.45) is 3.69. The second-order valence-electron chi connectivity index (χ2n) is 7.74. The van der Waals surface area contributed by atoms with Crippen LogP contribution in [-0.2, 0) is 21.2 Å². The van der Waals surface area contributed by atoms with Gasteiger partial charge in [0.05, 0.1) is 7.11 Å². The molecule has 1 unspecified atom stereocenters. The molecular formula is C23H31N3O4S. The predicted octanol–water partition coefficient (Wildman–Crippen LogP) is 3.87. The van der Waals surface area contributed by atoms with E-state index in [0.29, 0.717) is 24.5 Å². The number of sulfonamides is 1. The SMILES string of the molecule is CCc1ccc(NC(=O)C(C)Nc2ccc(OC)c(S(=O)(=O)N3CCCCC3)c2)cc1. The molecule has 31 heavy (non-hydrogen) atoms. The van der Waals surface area contributed by atoms with Crippen molar-refractivity contribution in [3.05, 3.63) is 48.0 Å². The zero-order valence-electron chi connectivity index (χ0n) is 18.3. The van der Waals surface area contributed by atoms with E-state index < -0.39 is 16.1 Å². The van der Waals surface area contributed by atoms with Crippen molar-refractivity contribution in [2.45, 2.75) is 50.5 Å². The first-order chi connectivity index (χ1) is 14.8. The number of benzene rings is 2. The fourth-order valence-electron chi connectivity index (χ4n) is 3.60.